The van der Waals surface area contributed by atoms with Gasteiger partial charge in [-0.1, -0.05) is 39.7 Å². The normalized spacial score (nSPS) is 10.7. The average Bonchev–Trinajstić information content (AvgIpc) is 2.22. The second-order valence-electron chi connectivity index (χ2n) is 2.99. The third-order valence-corrected chi connectivity index (χ3v) is 2.62. The van der Waals surface area contributed by atoms with Gasteiger partial charge in [0.2, 0.25) is 0 Å². The lowest BCUT2D eigenvalue weighted by molar-refractivity contribution is 0.0958. The second kappa shape index (κ2) is 6.94. The van der Waals surface area contributed by atoms with Gasteiger partial charge in [-0.25, -0.2) is 0 Å². The van der Waals surface area contributed by atoms with Crippen LogP contribution in [0.3, 0.4) is 0 Å². The van der Waals surface area contributed by atoms with Crippen molar-refractivity contribution in [2.24, 2.45) is 0 Å². The van der Waals surface area contributed by atoms with Gasteiger partial charge >= 0.3 is 0 Å². The Kier molecular flexibility index (Phi) is 5.88. The highest BCUT2D eigenvalue weighted by Gasteiger charge is 2.05. The lowest BCUT2D eigenvalue weighted by atomic mass is 10.2. The SMILES string of the molecule is O=C(NC/C=C/CCl)c1cc(Cl)cc(Br)c1. The summed E-state index contributed by atoms with van der Waals surface area (Å²) in [4.78, 5) is 11.7. The van der Waals surface area contributed by atoms with Crippen LogP contribution in [0.25, 0.3) is 0 Å². The molecule has 1 aromatic carbocycles. The molecule has 0 aliphatic rings. The fraction of sp³-hybridized carbons (Fsp3) is 0.182. The van der Waals surface area contributed by atoms with Gasteiger partial charge in [-0.3, -0.25) is 4.79 Å². The average molecular weight is 323 g/mol. The van der Waals surface area contributed by atoms with Gasteiger partial charge in [0, 0.05) is 27.5 Å². The predicted octanol–water partition coefficient (Wildman–Crippen LogP) is 3.63. The molecular weight excluding hydrogens is 313 g/mol. The number of hydrogen-bond donors (Lipinski definition) is 1. The highest BCUT2D eigenvalue weighted by atomic mass is 79.9. The van der Waals surface area contributed by atoms with Crippen molar-refractivity contribution in [3.8, 4) is 0 Å². The first-order chi connectivity index (χ1) is 7.63. The third-order valence-electron chi connectivity index (χ3n) is 1.76. The summed E-state index contributed by atoms with van der Waals surface area (Å²) in [5, 5.41) is 3.25. The molecule has 5 heteroatoms. The fourth-order valence-electron chi connectivity index (χ4n) is 1.08. The zero-order valence-electron chi connectivity index (χ0n) is 8.34. The number of benzene rings is 1. The summed E-state index contributed by atoms with van der Waals surface area (Å²) in [6.45, 7) is 0.454. The summed E-state index contributed by atoms with van der Waals surface area (Å²) in [5.74, 6) is 0.279. The highest BCUT2D eigenvalue weighted by Crippen LogP contribution is 2.19. The van der Waals surface area contributed by atoms with Crippen LogP contribution in [0.1, 0.15) is 10.4 Å². The third kappa shape index (κ3) is 4.56. The summed E-state index contributed by atoms with van der Waals surface area (Å²) < 4.78 is 0.779. The molecule has 0 aliphatic carbocycles. The standard InChI is InChI=1S/C11H10BrCl2NO/c12-9-5-8(6-10(14)7-9)11(16)15-4-2-1-3-13/h1-2,5-7H,3-4H2,(H,15,16)/b2-1+. The number of carbonyl (C=O) groups excluding carboxylic acids is 1. The van der Waals surface area contributed by atoms with Crippen molar-refractivity contribution in [2.45, 2.75) is 0 Å². The smallest absolute Gasteiger partial charge is 0.251 e. The van der Waals surface area contributed by atoms with Crippen LogP contribution in [0, 0.1) is 0 Å². The van der Waals surface area contributed by atoms with Crippen LogP contribution in [-0.2, 0) is 0 Å². The molecule has 0 aliphatic heterocycles. The number of hydrogen-bond acceptors (Lipinski definition) is 1. The van der Waals surface area contributed by atoms with Crippen LogP contribution in [0.5, 0.6) is 0 Å². The molecule has 0 heterocycles. The Hall–Kier alpha value is -0.510. The van der Waals surface area contributed by atoms with Crippen LogP contribution in [0.4, 0.5) is 0 Å². The van der Waals surface area contributed by atoms with E-state index in [0.717, 1.165) is 4.47 Å². The Morgan fingerprint density at radius 3 is 2.75 bits per heavy atom. The largest absolute Gasteiger partial charge is 0.349 e. The van der Waals surface area contributed by atoms with Gasteiger partial charge in [0.15, 0.2) is 0 Å². The molecule has 86 valence electrons. The summed E-state index contributed by atoms with van der Waals surface area (Å²) in [7, 11) is 0. The summed E-state index contributed by atoms with van der Waals surface area (Å²) in [5.41, 5.74) is 0.527. The fourth-order valence-corrected chi connectivity index (χ4v) is 2.07. The van der Waals surface area contributed by atoms with E-state index in [9.17, 15) is 4.79 Å². The summed E-state index contributed by atoms with van der Waals surface area (Å²) in [6, 6.07) is 5.06. The zero-order chi connectivity index (χ0) is 12.0. The van der Waals surface area contributed by atoms with E-state index in [0.29, 0.717) is 23.0 Å². The highest BCUT2D eigenvalue weighted by molar-refractivity contribution is 9.10. The molecule has 1 aromatic rings. The minimum absolute atomic E-state index is 0.164. The molecular formula is C11H10BrCl2NO. The molecule has 0 unspecified atom stereocenters. The number of halogens is 3. The Labute approximate surface area is 113 Å². The van der Waals surface area contributed by atoms with Crippen LogP contribution < -0.4 is 5.32 Å². The van der Waals surface area contributed by atoms with Crippen molar-refractivity contribution in [1.82, 2.24) is 5.32 Å². The Morgan fingerprint density at radius 1 is 1.38 bits per heavy atom. The molecule has 16 heavy (non-hydrogen) atoms. The van der Waals surface area contributed by atoms with Crippen LogP contribution in [0.2, 0.25) is 5.02 Å². The number of amides is 1. The van der Waals surface area contributed by atoms with Crippen LogP contribution >= 0.6 is 39.1 Å². The molecule has 1 amide bonds. The number of alkyl halides is 1. The van der Waals surface area contributed by atoms with Crippen molar-refractivity contribution in [3.05, 3.63) is 45.4 Å². The Bertz CT molecular complexity index is 387. The number of nitrogens with one attached hydrogen (secondary N) is 1. The maximum atomic E-state index is 11.7. The molecule has 0 bridgehead atoms. The van der Waals surface area contributed by atoms with Gasteiger partial charge in [0.1, 0.15) is 0 Å². The van der Waals surface area contributed by atoms with E-state index in [1.165, 1.54) is 0 Å². The number of allylic oxidation sites excluding steroid dienone is 1. The Morgan fingerprint density at radius 2 is 2.12 bits per heavy atom. The molecule has 0 saturated heterocycles. The zero-order valence-corrected chi connectivity index (χ0v) is 11.4. The van der Waals surface area contributed by atoms with E-state index in [1.54, 1.807) is 30.4 Å². The Balaban J connectivity index is 2.62. The van der Waals surface area contributed by atoms with E-state index in [4.69, 9.17) is 23.2 Å². The summed E-state index contributed by atoms with van der Waals surface area (Å²) in [6.07, 6.45) is 3.57. The first kappa shape index (κ1) is 13.6. The van der Waals surface area contributed by atoms with Gasteiger partial charge in [0.05, 0.1) is 0 Å². The summed E-state index contributed by atoms with van der Waals surface area (Å²) >= 11 is 14.6. The minimum atomic E-state index is -0.164. The quantitative estimate of drug-likeness (QED) is 0.665. The van der Waals surface area contributed by atoms with E-state index in [2.05, 4.69) is 21.2 Å². The number of rotatable bonds is 4. The van der Waals surface area contributed by atoms with Crippen molar-refractivity contribution in [1.29, 1.82) is 0 Å². The van der Waals surface area contributed by atoms with Gasteiger partial charge in [-0.15, -0.1) is 11.6 Å². The molecule has 1 rings (SSSR count). The monoisotopic (exact) mass is 321 g/mol. The van der Waals surface area contributed by atoms with Gasteiger partial charge in [0.25, 0.3) is 5.91 Å². The molecule has 0 saturated carbocycles. The number of carbonyl (C=O) groups is 1. The minimum Gasteiger partial charge on any atom is -0.349 e. The van der Waals surface area contributed by atoms with E-state index < -0.39 is 0 Å². The molecule has 2 nitrogen and oxygen atoms in total. The van der Waals surface area contributed by atoms with Crippen LogP contribution in [-0.4, -0.2) is 18.3 Å². The molecule has 0 fully saturated rings. The van der Waals surface area contributed by atoms with Crippen molar-refractivity contribution < 1.29 is 4.79 Å². The second-order valence-corrected chi connectivity index (χ2v) is 4.65. The van der Waals surface area contributed by atoms with Gasteiger partial charge in [-0.05, 0) is 18.2 Å². The van der Waals surface area contributed by atoms with E-state index in [1.807, 2.05) is 0 Å². The predicted molar refractivity (Wildman–Crippen MR) is 71.3 cm³/mol. The lowest BCUT2D eigenvalue weighted by Crippen LogP contribution is -2.23. The molecule has 0 radical (unpaired) electrons. The maximum Gasteiger partial charge on any atom is 0.251 e. The van der Waals surface area contributed by atoms with Crippen molar-refractivity contribution in [3.63, 3.8) is 0 Å². The first-order valence-electron chi connectivity index (χ1n) is 4.58. The first-order valence-corrected chi connectivity index (χ1v) is 6.29. The van der Waals surface area contributed by atoms with Gasteiger partial charge < -0.3 is 5.32 Å². The molecule has 1 N–H and O–H groups in total. The van der Waals surface area contributed by atoms with E-state index >= 15 is 0 Å². The topological polar surface area (TPSA) is 29.1 Å². The van der Waals surface area contributed by atoms with E-state index in [-0.39, 0.29) is 5.91 Å². The van der Waals surface area contributed by atoms with Crippen LogP contribution in [0.15, 0.2) is 34.8 Å². The lowest BCUT2D eigenvalue weighted by Gasteiger charge is -2.03. The molecule has 0 aromatic heterocycles. The van der Waals surface area contributed by atoms with Crippen molar-refractivity contribution in [2.75, 3.05) is 12.4 Å². The van der Waals surface area contributed by atoms with Crippen molar-refractivity contribution >= 4 is 45.0 Å². The molecule has 0 spiro atoms. The molecule has 0 atom stereocenters. The maximum absolute atomic E-state index is 11.7. The van der Waals surface area contributed by atoms with Gasteiger partial charge in [-0.2, -0.15) is 0 Å².